The van der Waals surface area contributed by atoms with Crippen LogP contribution in [0.2, 0.25) is 0 Å². The van der Waals surface area contributed by atoms with E-state index in [1.54, 1.807) is 0 Å². The molecule has 2 atom stereocenters. The van der Waals surface area contributed by atoms with E-state index >= 15 is 0 Å². The standard InChI is InChI=1S/C12H20O3/c1-3-5-7-10-8-9(6-4-2)11(13)15-12(10)14/h9-10H,3-8H2,1-2H3. The van der Waals surface area contributed by atoms with Crippen molar-refractivity contribution >= 4 is 11.9 Å². The smallest absolute Gasteiger partial charge is 0.316 e. The third-order valence-electron chi connectivity index (χ3n) is 2.98. The molecule has 0 aromatic heterocycles. The maximum absolute atomic E-state index is 11.4. The molecule has 15 heavy (non-hydrogen) atoms. The molecule has 0 aliphatic carbocycles. The van der Waals surface area contributed by atoms with Gasteiger partial charge in [0.05, 0.1) is 11.8 Å². The molecule has 0 bridgehead atoms. The molecule has 0 aromatic rings. The van der Waals surface area contributed by atoms with Crippen molar-refractivity contribution in [1.29, 1.82) is 0 Å². The number of carbonyl (C=O) groups is 2. The van der Waals surface area contributed by atoms with Gasteiger partial charge < -0.3 is 4.74 Å². The lowest BCUT2D eigenvalue weighted by Crippen LogP contribution is -2.34. The van der Waals surface area contributed by atoms with Crippen molar-refractivity contribution in [3.8, 4) is 0 Å². The van der Waals surface area contributed by atoms with Crippen LogP contribution >= 0.6 is 0 Å². The van der Waals surface area contributed by atoms with Crippen LogP contribution in [0.1, 0.15) is 52.4 Å². The lowest BCUT2D eigenvalue weighted by molar-refractivity contribution is -0.172. The minimum Gasteiger partial charge on any atom is -0.393 e. The summed E-state index contributed by atoms with van der Waals surface area (Å²) in [6, 6.07) is 0. The zero-order valence-corrected chi connectivity index (χ0v) is 9.62. The zero-order chi connectivity index (χ0) is 11.3. The normalized spacial score (nSPS) is 26.5. The van der Waals surface area contributed by atoms with Crippen LogP contribution in [0.4, 0.5) is 0 Å². The van der Waals surface area contributed by atoms with Crippen LogP contribution in [-0.4, -0.2) is 11.9 Å². The third kappa shape index (κ3) is 3.33. The van der Waals surface area contributed by atoms with Gasteiger partial charge in [0.25, 0.3) is 0 Å². The van der Waals surface area contributed by atoms with Crippen LogP contribution in [0.5, 0.6) is 0 Å². The predicted octanol–water partition coefficient (Wildman–Crippen LogP) is 2.68. The molecule has 1 aliphatic heterocycles. The Kier molecular flexibility index (Phi) is 4.79. The zero-order valence-electron chi connectivity index (χ0n) is 9.62. The lowest BCUT2D eigenvalue weighted by atomic mass is 9.86. The van der Waals surface area contributed by atoms with Gasteiger partial charge in [0, 0.05) is 0 Å². The van der Waals surface area contributed by atoms with E-state index < -0.39 is 0 Å². The Morgan fingerprint density at radius 1 is 1.07 bits per heavy atom. The first kappa shape index (κ1) is 12.2. The molecule has 1 heterocycles. The van der Waals surface area contributed by atoms with Crippen LogP contribution < -0.4 is 0 Å². The van der Waals surface area contributed by atoms with Gasteiger partial charge in [-0.3, -0.25) is 9.59 Å². The Hall–Kier alpha value is -0.860. The fourth-order valence-electron chi connectivity index (χ4n) is 2.07. The van der Waals surface area contributed by atoms with Gasteiger partial charge in [-0.2, -0.15) is 0 Å². The molecule has 2 unspecified atom stereocenters. The highest BCUT2D eigenvalue weighted by Gasteiger charge is 2.35. The summed E-state index contributed by atoms with van der Waals surface area (Å²) in [6.07, 6.45) is 5.49. The van der Waals surface area contributed by atoms with Crippen molar-refractivity contribution < 1.29 is 14.3 Å². The second-order valence-electron chi connectivity index (χ2n) is 4.30. The summed E-state index contributed by atoms with van der Waals surface area (Å²) < 4.78 is 4.78. The van der Waals surface area contributed by atoms with Crippen LogP contribution in [0.15, 0.2) is 0 Å². The number of hydrogen-bond acceptors (Lipinski definition) is 3. The van der Waals surface area contributed by atoms with Gasteiger partial charge in [0.1, 0.15) is 0 Å². The maximum Gasteiger partial charge on any atom is 0.316 e. The van der Waals surface area contributed by atoms with Crippen LogP contribution in [-0.2, 0) is 14.3 Å². The van der Waals surface area contributed by atoms with E-state index in [-0.39, 0.29) is 23.8 Å². The second-order valence-corrected chi connectivity index (χ2v) is 4.30. The first-order valence-corrected chi connectivity index (χ1v) is 5.94. The summed E-state index contributed by atoms with van der Waals surface area (Å²) in [6.45, 7) is 4.15. The van der Waals surface area contributed by atoms with Gasteiger partial charge in [0.2, 0.25) is 0 Å². The Morgan fingerprint density at radius 2 is 1.67 bits per heavy atom. The topological polar surface area (TPSA) is 43.4 Å². The highest BCUT2D eigenvalue weighted by molar-refractivity contribution is 5.90. The SMILES string of the molecule is CCCCC1CC(CCC)C(=O)OC1=O. The van der Waals surface area contributed by atoms with Crippen molar-refractivity contribution in [3.05, 3.63) is 0 Å². The Bertz CT molecular complexity index is 235. The molecule has 0 spiro atoms. The minimum atomic E-state index is -0.311. The first-order valence-electron chi connectivity index (χ1n) is 5.94. The molecule has 1 rings (SSSR count). The number of ether oxygens (including phenoxy) is 1. The molecule has 0 saturated carbocycles. The first-order chi connectivity index (χ1) is 7.19. The van der Waals surface area contributed by atoms with Gasteiger partial charge in [-0.25, -0.2) is 0 Å². The minimum absolute atomic E-state index is 0.0424. The van der Waals surface area contributed by atoms with E-state index in [0.717, 1.165) is 32.1 Å². The van der Waals surface area contributed by atoms with Gasteiger partial charge in [-0.05, 0) is 19.3 Å². The predicted molar refractivity (Wildman–Crippen MR) is 57.1 cm³/mol. The number of esters is 2. The van der Waals surface area contributed by atoms with E-state index in [0.29, 0.717) is 6.42 Å². The number of cyclic esters (lactones) is 2. The van der Waals surface area contributed by atoms with E-state index in [9.17, 15) is 9.59 Å². The average Bonchev–Trinajstić information content (AvgIpc) is 2.20. The van der Waals surface area contributed by atoms with Crippen LogP contribution in [0, 0.1) is 11.8 Å². The average molecular weight is 212 g/mol. The molecular weight excluding hydrogens is 192 g/mol. The fraction of sp³-hybridized carbons (Fsp3) is 0.833. The highest BCUT2D eigenvalue weighted by atomic mass is 16.6. The van der Waals surface area contributed by atoms with E-state index in [1.165, 1.54) is 0 Å². The Labute approximate surface area is 91.2 Å². The summed E-state index contributed by atoms with van der Waals surface area (Å²) >= 11 is 0. The monoisotopic (exact) mass is 212 g/mol. The summed E-state index contributed by atoms with van der Waals surface area (Å²) in [5, 5.41) is 0. The molecule has 1 saturated heterocycles. The molecule has 0 N–H and O–H groups in total. The highest BCUT2D eigenvalue weighted by Crippen LogP contribution is 2.28. The van der Waals surface area contributed by atoms with E-state index in [4.69, 9.17) is 4.74 Å². The molecule has 1 aliphatic rings. The largest absolute Gasteiger partial charge is 0.393 e. The lowest BCUT2D eigenvalue weighted by Gasteiger charge is -2.25. The van der Waals surface area contributed by atoms with Gasteiger partial charge >= 0.3 is 11.9 Å². The summed E-state index contributed by atoms with van der Waals surface area (Å²) in [7, 11) is 0. The fourth-order valence-corrected chi connectivity index (χ4v) is 2.07. The van der Waals surface area contributed by atoms with E-state index in [1.807, 2.05) is 6.92 Å². The van der Waals surface area contributed by atoms with Crippen molar-refractivity contribution in [2.45, 2.75) is 52.4 Å². The molecular formula is C12H20O3. The molecule has 3 heteroatoms. The number of carbonyl (C=O) groups excluding carboxylic acids is 2. The van der Waals surface area contributed by atoms with Crippen LogP contribution in [0.25, 0.3) is 0 Å². The Morgan fingerprint density at radius 3 is 2.20 bits per heavy atom. The summed E-state index contributed by atoms with van der Waals surface area (Å²) in [4.78, 5) is 22.8. The van der Waals surface area contributed by atoms with Crippen molar-refractivity contribution in [3.63, 3.8) is 0 Å². The third-order valence-corrected chi connectivity index (χ3v) is 2.98. The van der Waals surface area contributed by atoms with Gasteiger partial charge in [-0.15, -0.1) is 0 Å². The molecule has 0 aromatic carbocycles. The maximum atomic E-state index is 11.4. The van der Waals surface area contributed by atoms with Crippen molar-refractivity contribution in [2.24, 2.45) is 11.8 Å². The van der Waals surface area contributed by atoms with Gasteiger partial charge in [-0.1, -0.05) is 33.1 Å². The molecule has 3 nitrogen and oxygen atoms in total. The molecule has 0 amide bonds. The summed E-state index contributed by atoms with van der Waals surface area (Å²) in [5.74, 6) is -0.704. The Balaban J connectivity index is 2.50. The second kappa shape index (κ2) is 5.89. The number of unbranched alkanes of at least 4 members (excludes halogenated alkanes) is 1. The molecule has 1 fully saturated rings. The van der Waals surface area contributed by atoms with Gasteiger partial charge in [0.15, 0.2) is 0 Å². The number of rotatable bonds is 5. The molecule has 86 valence electrons. The summed E-state index contributed by atoms with van der Waals surface area (Å²) in [5.41, 5.74) is 0. The van der Waals surface area contributed by atoms with E-state index in [2.05, 4.69) is 6.92 Å². The van der Waals surface area contributed by atoms with Crippen LogP contribution in [0.3, 0.4) is 0 Å². The number of hydrogen-bond donors (Lipinski definition) is 0. The van der Waals surface area contributed by atoms with Crippen molar-refractivity contribution in [2.75, 3.05) is 0 Å². The molecule has 0 radical (unpaired) electrons. The quantitative estimate of drug-likeness (QED) is 0.520. The van der Waals surface area contributed by atoms with Crippen molar-refractivity contribution in [1.82, 2.24) is 0 Å².